The van der Waals surface area contributed by atoms with Crippen LogP contribution < -0.4 is 5.32 Å². The van der Waals surface area contributed by atoms with Gasteiger partial charge in [0.1, 0.15) is 0 Å². The van der Waals surface area contributed by atoms with Crippen molar-refractivity contribution in [2.45, 2.75) is 71.3 Å². The lowest BCUT2D eigenvalue weighted by Gasteiger charge is -2.29. The van der Waals surface area contributed by atoms with Crippen LogP contribution >= 0.6 is 0 Å². The van der Waals surface area contributed by atoms with Crippen LogP contribution in [0.3, 0.4) is 0 Å². The molecule has 0 amide bonds. The lowest BCUT2D eigenvalue weighted by Crippen LogP contribution is -2.37. The van der Waals surface area contributed by atoms with Gasteiger partial charge in [0.05, 0.1) is 0 Å². The van der Waals surface area contributed by atoms with Crippen LogP contribution in [0.25, 0.3) is 0 Å². The second kappa shape index (κ2) is 7.28. The molecular formula is C13H27N. The molecule has 2 atom stereocenters. The van der Waals surface area contributed by atoms with Crippen LogP contribution in [-0.2, 0) is 0 Å². The smallest absolute Gasteiger partial charge is 0.00697 e. The molecule has 1 heterocycles. The van der Waals surface area contributed by atoms with Crippen molar-refractivity contribution in [3.8, 4) is 0 Å². The molecule has 2 unspecified atom stereocenters. The van der Waals surface area contributed by atoms with E-state index in [0.717, 1.165) is 12.0 Å². The van der Waals surface area contributed by atoms with Gasteiger partial charge in [0, 0.05) is 6.04 Å². The lowest BCUT2D eigenvalue weighted by molar-refractivity contribution is 0.280. The van der Waals surface area contributed by atoms with Gasteiger partial charge in [-0.1, -0.05) is 46.0 Å². The molecule has 0 aromatic heterocycles. The summed E-state index contributed by atoms with van der Waals surface area (Å²) in [4.78, 5) is 0. The Morgan fingerprint density at radius 1 is 1.14 bits per heavy atom. The number of hydrogen-bond donors (Lipinski definition) is 1. The Kier molecular flexibility index (Phi) is 6.25. The average Bonchev–Trinajstić information content (AvgIpc) is 2.25. The Morgan fingerprint density at radius 2 is 2.00 bits per heavy atom. The Bertz CT molecular complexity index is 133. The molecule has 0 spiro atoms. The van der Waals surface area contributed by atoms with Gasteiger partial charge in [0.15, 0.2) is 0 Å². The Hall–Kier alpha value is -0.0400. The molecular weight excluding hydrogens is 170 g/mol. The minimum absolute atomic E-state index is 0.838. The molecule has 1 aliphatic heterocycles. The predicted octanol–water partition coefficient (Wildman–Crippen LogP) is 3.74. The first-order valence-corrected chi connectivity index (χ1v) is 6.60. The van der Waals surface area contributed by atoms with Crippen molar-refractivity contribution in [3.05, 3.63) is 0 Å². The van der Waals surface area contributed by atoms with Gasteiger partial charge >= 0.3 is 0 Å². The fraction of sp³-hybridized carbons (Fsp3) is 1.00. The third-order valence-electron chi connectivity index (χ3n) is 3.59. The van der Waals surface area contributed by atoms with E-state index in [2.05, 4.69) is 19.2 Å². The topological polar surface area (TPSA) is 12.0 Å². The van der Waals surface area contributed by atoms with Gasteiger partial charge in [0.2, 0.25) is 0 Å². The maximum Gasteiger partial charge on any atom is 0.00697 e. The van der Waals surface area contributed by atoms with E-state index in [1.165, 1.54) is 57.9 Å². The van der Waals surface area contributed by atoms with E-state index < -0.39 is 0 Å². The maximum absolute atomic E-state index is 3.66. The highest BCUT2D eigenvalue weighted by Crippen LogP contribution is 2.22. The quantitative estimate of drug-likeness (QED) is 0.640. The number of rotatable bonds is 6. The summed E-state index contributed by atoms with van der Waals surface area (Å²) < 4.78 is 0. The van der Waals surface area contributed by atoms with Gasteiger partial charge in [-0.05, 0) is 31.7 Å². The van der Waals surface area contributed by atoms with Crippen LogP contribution in [0.4, 0.5) is 0 Å². The lowest BCUT2D eigenvalue weighted by atomic mass is 9.88. The average molecular weight is 197 g/mol. The highest BCUT2D eigenvalue weighted by atomic mass is 14.9. The van der Waals surface area contributed by atoms with Crippen LogP contribution in [0.5, 0.6) is 0 Å². The minimum atomic E-state index is 0.838. The second-order valence-corrected chi connectivity index (χ2v) is 4.80. The van der Waals surface area contributed by atoms with Crippen molar-refractivity contribution in [2.24, 2.45) is 5.92 Å². The summed E-state index contributed by atoms with van der Waals surface area (Å²) in [6.07, 6.45) is 11.3. The van der Waals surface area contributed by atoms with E-state index in [-0.39, 0.29) is 0 Å². The van der Waals surface area contributed by atoms with Crippen molar-refractivity contribution in [2.75, 3.05) is 6.54 Å². The first-order chi connectivity index (χ1) is 6.86. The predicted molar refractivity (Wildman–Crippen MR) is 63.6 cm³/mol. The van der Waals surface area contributed by atoms with E-state index in [4.69, 9.17) is 0 Å². The standard InChI is InChI=1S/C13H27N/c1-3-5-6-7-8-13-11-12(4-2)9-10-14-13/h12-14H,3-11H2,1-2H3. The number of nitrogens with one attached hydrogen (secondary N) is 1. The molecule has 1 saturated heterocycles. The molecule has 0 aromatic rings. The number of unbranched alkanes of at least 4 members (excludes halogenated alkanes) is 3. The minimum Gasteiger partial charge on any atom is -0.314 e. The third kappa shape index (κ3) is 4.45. The van der Waals surface area contributed by atoms with E-state index in [1.807, 2.05) is 0 Å². The second-order valence-electron chi connectivity index (χ2n) is 4.80. The Labute approximate surface area is 89.7 Å². The molecule has 0 saturated carbocycles. The van der Waals surface area contributed by atoms with Crippen LogP contribution in [0.2, 0.25) is 0 Å². The van der Waals surface area contributed by atoms with Crippen molar-refractivity contribution in [1.82, 2.24) is 5.32 Å². The highest BCUT2D eigenvalue weighted by molar-refractivity contribution is 4.77. The molecule has 84 valence electrons. The summed E-state index contributed by atoms with van der Waals surface area (Å²) in [6.45, 7) is 5.88. The highest BCUT2D eigenvalue weighted by Gasteiger charge is 2.19. The Morgan fingerprint density at radius 3 is 2.71 bits per heavy atom. The van der Waals surface area contributed by atoms with Crippen molar-refractivity contribution in [3.63, 3.8) is 0 Å². The Balaban J connectivity index is 2.05. The zero-order valence-corrected chi connectivity index (χ0v) is 10.0. The summed E-state index contributed by atoms with van der Waals surface area (Å²) in [7, 11) is 0. The zero-order valence-electron chi connectivity index (χ0n) is 10.0. The van der Waals surface area contributed by atoms with Gasteiger partial charge in [-0.15, -0.1) is 0 Å². The molecule has 1 fully saturated rings. The van der Waals surface area contributed by atoms with Crippen LogP contribution in [-0.4, -0.2) is 12.6 Å². The van der Waals surface area contributed by atoms with Crippen LogP contribution in [0.1, 0.15) is 65.2 Å². The van der Waals surface area contributed by atoms with Gasteiger partial charge in [-0.3, -0.25) is 0 Å². The first-order valence-electron chi connectivity index (χ1n) is 6.60. The third-order valence-corrected chi connectivity index (χ3v) is 3.59. The monoisotopic (exact) mass is 197 g/mol. The van der Waals surface area contributed by atoms with Crippen molar-refractivity contribution in [1.29, 1.82) is 0 Å². The molecule has 1 N–H and O–H groups in total. The van der Waals surface area contributed by atoms with E-state index in [0.29, 0.717) is 0 Å². The summed E-state index contributed by atoms with van der Waals surface area (Å²) in [5, 5.41) is 3.66. The SMILES string of the molecule is CCCCCCC1CC(CC)CCN1. The molecule has 14 heavy (non-hydrogen) atoms. The largest absolute Gasteiger partial charge is 0.314 e. The normalized spacial score (nSPS) is 27.9. The van der Waals surface area contributed by atoms with Crippen molar-refractivity contribution < 1.29 is 0 Å². The van der Waals surface area contributed by atoms with Gasteiger partial charge in [0.25, 0.3) is 0 Å². The fourth-order valence-corrected chi connectivity index (χ4v) is 2.50. The van der Waals surface area contributed by atoms with Gasteiger partial charge in [-0.25, -0.2) is 0 Å². The summed E-state index contributed by atoms with van der Waals surface area (Å²) in [5.41, 5.74) is 0. The molecule has 0 bridgehead atoms. The molecule has 1 heteroatoms. The molecule has 0 aliphatic carbocycles. The first kappa shape index (κ1) is 12.0. The number of piperidine rings is 1. The van der Waals surface area contributed by atoms with Crippen LogP contribution in [0, 0.1) is 5.92 Å². The summed E-state index contributed by atoms with van der Waals surface area (Å²) >= 11 is 0. The van der Waals surface area contributed by atoms with Gasteiger partial charge in [-0.2, -0.15) is 0 Å². The molecule has 0 radical (unpaired) electrons. The molecule has 1 aliphatic rings. The molecule has 1 nitrogen and oxygen atoms in total. The zero-order chi connectivity index (χ0) is 10.2. The van der Waals surface area contributed by atoms with E-state index >= 15 is 0 Å². The van der Waals surface area contributed by atoms with E-state index in [1.54, 1.807) is 0 Å². The van der Waals surface area contributed by atoms with Crippen molar-refractivity contribution >= 4 is 0 Å². The maximum atomic E-state index is 3.66. The summed E-state index contributed by atoms with van der Waals surface area (Å²) in [6, 6.07) is 0.838. The van der Waals surface area contributed by atoms with Gasteiger partial charge < -0.3 is 5.32 Å². The molecule has 1 rings (SSSR count). The number of hydrogen-bond acceptors (Lipinski definition) is 1. The fourth-order valence-electron chi connectivity index (χ4n) is 2.50. The summed E-state index contributed by atoms with van der Waals surface area (Å²) in [5.74, 6) is 1.01. The van der Waals surface area contributed by atoms with Crippen LogP contribution in [0.15, 0.2) is 0 Å². The van der Waals surface area contributed by atoms with E-state index in [9.17, 15) is 0 Å². The molecule has 0 aromatic carbocycles.